The fourth-order valence-corrected chi connectivity index (χ4v) is 2.71. The van der Waals surface area contributed by atoms with E-state index in [1.165, 1.54) is 0 Å². The predicted molar refractivity (Wildman–Crippen MR) is 66.7 cm³/mol. The van der Waals surface area contributed by atoms with Gasteiger partial charge in [-0.3, -0.25) is 0 Å². The molecular weight excluding hydrogens is 256 g/mol. The normalized spacial score (nSPS) is 10.5. The van der Waals surface area contributed by atoms with Crippen LogP contribution in [-0.4, -0.2) is 28.8 Å². The molecule has 0 aliphatic rings. The van der Waals surface area contributed by atoms with Gasteiger partial charge in [0.25, 0.3) is 0 Å². The van der Waals surface area contributed by atoms with Crippen molar-refractivity contribution >= 4 is 33.4 Å². The van der Waals surface area contributed by atoms with Crippen molar-refractivity contribution in [3.63, 3.8) is 0 Å². The number of rotatable bonds is 4. The van der Waals surface area contributed by atoms with Gasteiger partial charge in [-0.05, 0) is 18.6 Å². The molecule has 0 atom stereocenters. The number of carboxylic acid groups (broad SMARTS) is 2. The van der Waals surface area contributed by atoms with Gasteiger partial charge in [-0.2, -0.15) is 0 Å². The van der Waals surface area contributed by atoms with E-state index in [-0.39, 0.29) is 10.6 Å². The number of thiophene rings is 1. The Morgan fingerprint density at radius 2 is 2.06 bits per heavy atom. The fraction of sp³-hybridized carbons (Fsp3) is 0.167. The zero-order chi connectivity index (χ0) is 13.3. The van der Waals surface area contributed by atoms with E-state index in [1.54, 1.807) is 12.1 Å². The summed E-state index contributed by atoms with van der Waals surface area (Å²) >= 11 is 1.09. The molecule has 18 heavy (non-hydrogen) atoms. The van der Waals surface area contributed by atoms with E-state index >= 15 is 0 Å². The Morgan fingerprint density at radius 3 is 2.67 bits per heavy atom. The zero-order valence-corrected chi connectivity index (χ0v) is 10.3. The highest BCUT2D eigenvalue weighted by Crippen LogP contribution is 2.39. The fourth-order valence-electron chi connectivity index (χ4n) is 1.66. The van der Waals surface area contributed by atoms with E-state index in [0.717, 1.165) is 21.6 Å². The lowest BCUT2D eigenvalue weighted by Crippen LogP contribution is -2.10. The Morgan fingerprint density at radius 1 is 1.33 bits per heavy atom. The van der Waals surface area contributed by atoms with Crippen molar-refractivity contribution in [1.29, 1.82) is 0 Å². The van der Waals surface area contributed by atoms with Gasteiger partial charge in [0.15, 0.2) is 17.2 Å². The highest BCUT2D eigenvalue weighted by Gasteiger charge is 2.20. The average molecular weight is 266 g/mol. The van der Waals surface area contributed by atoms with Crippen molar-refractivity contribution in [3.05, 3.63) is 28.6 Å². The minimum Gasteiger partial charge on any atom is -0.479 e. The Hall–Kier alpha value is -2.08. The van der Waals surface area contributed by atoms with Crippen LogP contribution in [0.2, 0.25) is 0 Å². The molecule has 2 N–H and O–H groups in total. The number of benzene rings is 1. The number of hydrogen-bond donors (Lipinski definition) is 2. The molecule has 0 fully saturated rings. The number of hydrogen-bond acceptors (Lipinski definition) is 4. The van der Waals surface area contributed by atoms with E-state index in [2.05, 4.69) is 0 Å². The Bertz CT molecular complexity index is 629. The standard InChI is InChI=1S/C12H10O5S/c1-6-3-2-4-7-9(17-5-8(13)14)11(12(15)16)18-10(6)7/h2-4H,5H2,1H3,(H,13,14)(H,15,16). The smallest absolute Gasteiger partial charge is 0.349 e. The van der Waals surface area contributed by atoms with Crippen LogP contribution in [0.15, 0.2) is 18.2 Å². The molecular formula is C12H10O5S. The predicted octanol–water partition coefficient (Wildman–Crippen LogP) is 2.37. The molecule has 0 aliphatic heterocycles. The van der Waals surface area contributed by atoms with Crippen molar-refractivity contribution in [2.75, 3.05) is 6.61 Å². The van der Waals surface area contributed by atoms with Crippen LogP contribution in [0.1, 0.15) is 15.2 Å². The van der Waals surface area contributed by atoms with E-state index < -0.39 is 18.5 Å². The van der Waals surface area contributed by atoms with Crippen molar-refractivity contribution < 1.29 is 24.5 Å². The maximum Gasteiger partial charge on any atom is 0.349 e. The van der Waals surface area contributed by atoms with Crippen LogP contribution >= 0.6 is 11.3 Å². The molecule has 6 heteroatoms. The van der Waals surface area contributed by atoms with Crippen molar-refractivity contribution in [2.24, 2.45) is 0 Å². The van der Waals surface area contributed by atoms with Gasteiger partial charge < -0.3 is 14.9 Å². The Labute approximate surface area is 106 Å². The van der Waals surface area contributed by atoms with Gasteiger partial charge in [-0.1, -0.05) is 12.1 Å². The van der Waals surface area contributed by atoms with E-state index in [1.807, 2.05) is 13.0 Å². The molecule has 0 radical (unpaired) electrons. The Kier molecular flexibility index (Phi) is 3.20. The summed E-state index contributed by atoms with van der Waals surface area (Å²) in [5.41, 5.74) is 0.935. The molecule has 5 nitrogen and oxygen atoms in total. The third-order valence-electron chi connectivity index (χ3n) is 2.40. The lowest BCUT2D eigenvalue weighted by atomic mass is 10.1. The van der Waals surface area contributed by atoms with Gasteiger partial charge in [0, 0.05) is 10.1 Å². The summed E-state index contributed by atoms with van der Waals surface area (Å²) in [4.78, 5) is 21.7. The Balaban J connectivity index is 2.59. The largest absolute Gasteiger partial charge is 0.479 e. The van der Waals surface area contributed by atoms with Gasteiger partial charge in [-0.25, -0.2) is 9.59 Å². The van der Waals surface area contributed by atoms with Crippen LogP contribution in [0, 0.1) is 6.92 Å². The first-order valence-electron chi connectivity index (χ1n) is 5.10. The van der Waals surface area contributed by atoms with E-state index in [9.17, 15) is 9.59 Å². The highest BCUT2D eigenvalue weighted by atomic mass is 32.1. The summed E-state index contributed by atoms with van der Waals surface area (Å²) in [5, 5.41) is 18.3. The maximum atomic E-state index is 11.1. The molecule has 2 rings (SSSR count). The molecule has 2 aromatic rings. The number of fused-ring (bicyclic) bond motifs is 1. The first kappa shape index (κ1) is 12.4. The lowest BCUT2D eigenvalue weighted by molar-refractivity contribution is -0.139. The summed E-state index contributed by atoms with van der Waals surface area (Å²) in [6, 6.07) is 5.37. The molecule has 0 bridgehead atoms. The summed E-state index contributed by atoms with van der Waals surface area (Å²) in [6.07, 6.45) is 0. The second kappa shape index (κ2) is 4.66. The molecule has 0 amide bonds. The van der Waals surface area contributed by atoms with Crippen LogP contribution in [0.5, 0.6) is 5.75 Å². The van der Waals surface area contributed by atoms with Crippen LogP contribution in [0.4, 0.5) is 0 Å². The van der Waals surface area contributed by atoms with Gasteiger partial charge in [-0.15, -0.1) is 11.3 Å². The molecule has 0 aliphatic carbocycles. The molecule has 1 aromatic carbocycles. The van der Waals surface area contributed by atoms with Crippen LogP contribution in [-0.2, 0) is 4.79 Å². The van der Waals surface area contributed by atoms with E-state index in [4.69, 9.17) is 14.9 Å². The molecule has 0 unspecified atom stereocenters. The summed E-state index contributed by atoms with van der Waals surface area (Å²) < 4.78 is 5.90. The molecule has 0 spiro atoms. The van der Waals surface area contributed by atoms with Gasteiger partial charge in [0.1, 0.15) is 0 Å². The van der Waals surface area contributed by atoms with Gasteiger partial charge >= 0.3 is 11.9 Å². The second-order valence-corrected chi connectivity index (χ2v) is 4.72. The summed E-state index contributed by atoms with van der Waals surface area (Å²) in [7, 11) is 0. The maximum absolute atomic E-state index is 11.1. The number of aromatic carboxylic acids is 1. The molecule has 1 heterocycles. The third-order valence-corrected chi connectivity index (χ3v) is 3.71. The zero-order valence-electron chi connectivity index (χ0n) is 9.47. The SMILES string of the molecule is Cc1cccc2c(OCC(=O)O)c(C(=O)O)sc12. The number of carboxylic acids is 2. The summed E-state index contributed by atoms with van der Waals surface area (Å²) in [6.45, 7) is 1.31. The molecule has 0 saturated heterocycles. The highest BCUT2D eigenvalue weighted by molar-refractivity contribution is 7.21. The quantitative estimate of drug-likeness (QED) is 0.887. The molecule has 0 saturated carbocycles. The van der Waals surface area contributed by atoms with E-state index in [0.29, 0.717) is 5.39 Å². The third kappa shape index (κ3) is 2.14. The average Bonchev–Trinajstić information content (AvgIpc) is 2.66. The van der Waals surface area contributed by atoms with Gasteiger partial charge in [0.2, 0.25) is 0 Å². The lowest BCUT2D eigenvalue weighted by Gasteiger charge is -2.03. The monoisotopic (exact) mass is 266 g/mol. The minimum absolute atomic E-state index is 0.0283. The van der Waals surface area contributed by atoms with Crippen molar-refractivity contribution in [1.82, 2.24) is 0 Å². The van der Waals surface area contributed by atoms with Crippen LogP contribution < -0.4 is 4.74 Å². The van der Waals surface area contributed by atoms with Crippen LogP contribution in [0.25, 0.3) is 10.1 Å². The number of ether oxygens (including phenoxy) is 1. The molecule has 94 valence electrons. The minimum atomic E-state index is -1.14. The number of aliphatic carboxylic acids is 1. The second-order valence-electron chi connectivity index (χ2n) is 3.70. The first-order valence-corrected chi connectivity index (χ1v) is 5.92. The van der Waals surface area contributed by atoms with Crippen molar-refractivity contribution in [3.8, 4) is 5.75 Å². The van der Waals surface area contributed by atoms with Crippen LogP contribution in [0.3, 0.4) is 0 Å². The summed E-state index contributed by atoms with van der Waals surface area (Å²) in [5.74, 6) is -2.12. The van der Waals surface area contributed by atoms with Crippen molar-refractivity contribution in [2.45, 2.75) is 6.92 Å². The number of carbonyl (C=O) groups is 2. The molecule has 1 aromatic heterocycles. The first-order chi connectivity index (χ1) is 8.50. The topological polar surface area (TPSA) is 83.8 Å². The number of aryl methyl sites for hydroxylation is 1. The van der Waals surface area contributed by atoms with Gasteiger partial charge in [0.05, 0.1) is 0 Å².